The molecule has 47 valence electrons. The Morgan fingerprint density at radius 3 is 2.44 bits per heavy atom. The molecule has 9 heavy (non-hydrogen) atoms. The Labute approximate surface area is 53.3 Å². The Bertz CT molecular complexity index is 198. The van der Waals surface area contributed by atoms with Gasteiger partial charge in [0.1, 0.15) is 0 Å². The van der Waals surface area contributed by atoms with Gasteiger partial charge in [-0.25, -0.2) is 4.39 Å². The molecule has 0 aromatic heterocycles. The molecule has 0 aliphatic heterocycles. The van der Waals surface area contributed by atoms with Gasteiger partial charge in [-0.3, -0.25) is 0 Å². The summed E-state index contributed by atoms with van der Waals surface area (Å²) in [6, 6.07) is 6.78. The Morgan fingerprint density at radius 2 is 2.00 bits per heavy atom. The summed E-state index contributed by atoms with van der Waals surface area (Å²) < 4.78 is 11.8. The van der Waals surface area contributed by atoms with Crippen molar-refractivity contribution in [1.82, 2.24) is 0 Å². The Balaban J connectivity index is 3.01. The van der Waals surface area contributed by atoms with Crippen LogP contribution in [0.2, 0.25) is 0 Å². The maximum absolute atomic E-state index is 11.8. The molecule has 1 aromatic rings. The van der Waals surface area contributed by atoms with E-state index in [1.165, 1.54) is 0 Å². The summed E-state index contributed by atoms with van der Waals surface area (Å²) >= 11 is 0. The van der Waals surface area contributed by atoms with E-state index < -0.39 is 0 Å². The summed E-state index contributed by atoms with van der Waals surface area (Å²) in [5.41, 5.74) is 6.27. The van der Waals surface area contributed by atoms with Gasteiger partial charge in [0.05, 0.1) is 0 Å². The fourth-order valence-corrected chi connectivity index (χ4v) is 0.610. The lowest BCUT2D eigenvalue weighted by atomic mass is 10.2. The number of halogens is 1. The molecule has 0 aliphatic rings. The van der Waals surface area contributed by atoms with Crippen LogP contribution >= 0.6 is 0 Å². The van der Waals surface area contributed by atoms with Crippen molar-refractivity contribution >= 4 is 5.69 Å². The first kappa shape index (κ1) is 6.08. The van der Waals surface area contributed by atoms with E-state index in [1.54, 1.807) is 24.3 Å². The maximum Gasteiger partial charge on any atom is 0.162 e. The van der Waals surface area contributed by atoms with Crippen LogP contribution in [0.15, 0.2) is 24.3 Å². The standard InChI is InChI=1S/C7H7FN/c8-5-6-3-1-2-4-7(6)9/h1-5H,9H2. The van der Waals surface area contributed by atoms with Crippen molar-refractivity contribution in [3.05, 3.63) is 36.5 Å². The molecular formula is C7H7FN. The molecule has 0 spiro atoms. The fourth-order valence-electron chi connectivity index (χ4n) is 0.610. The zero-order valence-electron chi connectivity index (χ0n) is 4.84. The number of para-hydroxylation sites is 1. The molecule has 1 rings (SSSR count). The number of benzene rings is 1. The third kappa shape index (κ3) is 1.19. The van der Waals surface area contributed by atoms with Crippen molar-refractivity contribution in [2.24, 2.45) is 0 Å². The minimum absolute atomic E-state index is 0.442. The third-order valence-electron chi connectivity index (χ3n) is 1.11. The van der Waals surface area contributed by atoms with Crippen LogP contribution in [-0.4, -0.2) is 0 Å². The molecule has 0 amide bonds. The molecule has 0 saturated heterocycles. The molecule has 0 fully saturated rings. The molecule has 0 atom stereocenters. The molecule has 1 radical (unpaired) electrons. The topological polar surface area (TPSA) is 26.0 Å². The summed E-state index contributed by atoms with van der Waals surface area (Å²) in [6.07, 6.45) is 0. The number of anilines is 1. The average molecular weight is 124 g/mol. The molecular weight excluding hydrogens is 117 g/mol. The molecule has 1 aromatic carbocycles. The molecule has 0 unspecified atom stereocenters. The van der Waals surface area contributed by atoms with Crippen molar-refractivity contribution in [2.45, 2.75) is 0 Å². The minimum atomic E-state index is 0.442. The van der Waals surface area contributed by atoms with Gasteiger partial charge in [0.25, 0.3) is 0 Å². The van der Waals surface area contributed by atoms with Crippen molar-refractivity contribution in [2.75, 3.05) is 5.73 Å². The van der Waals surface area contributed by atoms with Gasteiger partial charge in [0, 0.05) is 11.3 Å². The lowest BCUT2D eigenvalue weighted by molar-refractivity contribution is 0.647. The van der Waals surface area contributed by atoms with E-state index in [1.807, 2.05) is 0 Å². The zero-order chi connectivity index (χ0) is 6.69. The first-order chi connectivity index (χ1) is 4.34. The number of rotatable bonds is 1. The van der Waals surface area contributed by atoms with Crippen molar-refractivity contribution in [1.29, 1.82) is 0 Å². The SMILES string of the molecule is Nc1ccccc1[CH]F. The van der Waals surface area contributed by atoms with Gasteiger partial charge in [-0.05, 0) is 6.07 Å². The van der Waals surface area contributed by atoms with Gasteiger partial charge in [0.2, 0.25) is 0 Å². The Kier molecular flexibility index (Phi) is 1.68. The van der Waals surface area contributed by atoms with Crippen LogP contribution in [0.3, 0.4) is 0 Å². The van der Waals surface area contributed by atoms with Gasteiger partial charge in [-0.2, -0.15) is 0 Å². The highest BCUT2D eigenvalue weighted by atomic mass is 19.1. The van der Waals surface area contributed by atoms with Crippen molar-refractivity contribution in [3.8, 4) is 0 Å². The highest BCUT2D eigenvalue weighted by Crippen LogP contribution is 2.12. The van der Waals surface area contributed by atoms with Crippen LogP contribution in [0.25, 0.3) is 0 Å². The molecule has 1 nitrogen and oxygen atoms in total. The van der Waals surface area contributed by atoms with E-state index in [4.69, 9.17) is 5.73 Å². The quantitative estimate of drug-likeness (QED) is 0.567. The minimum Gasteiger partial charge on any atom is -0.398 e. The van der Waals surface area contributed by atoms with Crippen molar-refractivity contribution in [3.63, 3.8) is 0 Å². The average Bonchev–Trinajstić information content (AvgIpc) is 1.89. The first-order valence-electron chi connectivity index (χ1n) is 2.62. The predicted molar refractivity (Wildman–Crippen MR) is 35.4 cm³/mol. The smallest absolute Gasteiger partial charge is 0.162 e. The van der Waals surface area contributed by atoms with Gasteiger partial charge in [-0.1, -0.05) is 18.2 Å². The van der Waals surface area contributed by atoms with Crippen LogP contribution in [-0.2, 0) is 0 Å². The van der Waals surface area contributed by atoms with Crippen molar-refractivity contribution < 1.29 is 4.39 Å². The van der Waals surface area contributed by atoms with Crippen LogP contribution in [0.1, 0.15) is 5.56 Å². The van der Waals surface area contributed by atoms with Gasteiger partial charge < -0.3 is 5.73 Å². The van der Waals surface area contributed by atoms with E-state index in [0.717, 1.165) is 0 Å². The third-order valence-corrected chi connectivity index (χ3v) is 1.11. The second-order valence-electron chi connectivity index (χ2n) is 1.74. The van der Waals surface area contributed by atoms with E-state index in [9.17, 15) is 4.39 Å². The lowest BCUT2D eigenvalue weighted by Crippen LogP contribution is -1.88. The van der Waals surface area contributed by atoms with E-state index in [0.29, 0.717) is 17.9 Å². The molecule has 0 bridgehead atoms. The summed E-state index contributed by atoms with van der Waals surface area (Å²) in [4.78, 5) is 0. The van der Waals surface area contributed by atoms with E-state index >= 15 is 0 Å². The fraction of sp³-hybridized carbons (Fsp3) is 0. The lowest BCUT2D eigenvalue weighted by Gasteiger charge is -1.95. The van der Waals surface area contributed by atoms with Crippen LogP contribution in [0.4, 0.5) is 10.1 Å². The first-order valence-corrected chi connectivity index (χ1v) is 2.62. The van der Waals surface area contributed by atoms with Gasteiger partial charge in [0.15, 0.2) is 6.67 Å². The number of nitrogen functional groups attached to an aromatic ring is 1. The second kappa shape index (κ2) is 2.49. The number of hydrogen-bond donors (Lipinski definition) is 1. The highest BCUT2D eigenvalue weighted by molar-refractivity contribution is 5.48. The second-order valence-corrected chi connectivity index (χ2v) is 1.74. The molecule has 0 aliphatic carbocycles. The molecule has 2 N–H and O–H groups in total. The summed E-state index contributed by atoms with van der Waals surface area (Å²) in [5.74, 6) is 0. The molecule has 0 saturated carbocycles. The summed E-state index contributed by atoms with van der Waals surface area (Å²) in [5, 5.41) is 0. The summed E-state index contributed by atoms with van der Waals surface area (Å²) in [6.45, 7) is 0.495. The Hall–Kier alpha value is -1.05. The van der Waals surface area contributed by atoms with E-state index in [-0.39, 0.29) is 0 Å². The summed E-state index contributed by atoms with van der Waals surface area (Å²) in [7, 11) is 0. The maximum atomic E-state index is 11.8. The Morgan fingerprint density at radius 1 is 1.33 bits per heavy atom. The number of hydrogen-bond acceptors (Lipinski definition) is 1. The van der Waals surface area contributed by atoms with Gasteiger partial charge in [-0.15, -0.1) is 0 Å². The van der Waals surface area contributed by atoms with E-state index in [2.05, 4.69) is 0 Å². The highest BCUT2D eigenvalue weighted by Gasteiger charge is 1.93. The van der Waals surface area contributed by atoms with Crippen LogP contribution in [0.5, 0.6) is 0 Å². The largest absolute Gasteiger partial charge is 0.398 e. The normalized spacial score (nSPS) is 9.44. The predicted octanol–water partition coefficient (Wildman–Crippen LogP) is 1.75. The van der Waals surface area contributed by atoms with Gasteiger partial charge >= 0.3 is 0 Å². The number of nitrogens with two attached hydrogens (primary N) is 1. The van der Waals surface area contributed by atoms with Crippen LogP contribution in [0, 0.1) is 6.67 Å². The zero-order valence-corrected chi connectivity index (χ0v) is 4.84. The molecule has 0 heterocycles. The molecule has 2 heteroatoms. The van der Waals surface area contributed by atoms with Crippen LogP contribution < -0.4 is 5.73 Å². The monoisotopic (exact) mass is 124 g/mol.